The number of nitriles is 1. The van der Waals surface area contributed by atoms with Crippen LogP contribution in [-0.2, 0) is 11.3 Å². The van der Waals surface area contributed by atoms with Crippen LogP contribution in [0.2, 0.25) is 0 Å². The van der Waals surface area contributed by atoms with E-state index in [2.05, 4.69) is 32.2 Å². The molecule has 26 heavy (non-hydrogen) atoms. The third-order valence-corrected chi connectivity index (χ3v) is 4.52. The second-order valence-electron chi connectivity index (χ2n) is 6.44. The van der Waals surface area contributed by atoms with E-state index in [9.17, 15) is 10.1 Å². The third-order valence-electron chi connectivity index (χ3n) is 4.52. The van der Waals surface area contributed by atoms with Crippen LogP contribution in [-0.4, -0.2) is 42.0 Å². The second kappa shape index (κ2) is 8.45. The molecule has 1 aliphatic heterocycles. The molecule has 1 aromatic heterocycles. The van der Waals surface area contributed by atoms with Crippen molar-refractivity contribution in [1.82, 2.24) is 9.88 Å². The molecule has 3 rings (SSSR count). The Labute approximate surface area is 154 Å². The molecule has 6 heteroatoms. The largest absolute Gasteiger partial charge is 0.354 e. The standard InChI is InChI=1S/C20H23N5O/c1-16(26)23-19-8-3-2-6-18(19)15-24-10-5-11-25(13-12-24)20-17(14-21)7-4-9-22-20/h2-4,6-9H,5,10-13,15H2,1H3,(H,23,26). The van der Waals surface area contributed by atoms with Crippen LogP contribution in [0.25, 0.3) is 0 Å². The minimum absolute atomic E-state index is 0.0568. The van der Waals surface area contributed by atoms with Crippen LogP contribution in [0.15, 0.2) is 42.6 Å². The molecule has 0 aliphatic carbocycles. The minimum Gasteiger partial charge on any atom is -0.354 e. The summed E-state index contributed by atoms with van der Waals surface area (Å²) < 4.78 is 0. The topological polar surface area (TPSA) is 72.3 Å². The number of amides is 1. The van der Waals surface area contributed by atoms with Crippen molar-refractivity contribution in [2.45, 2.75) is 19.9 Å². The second-order valence-corrected chi connectivity index (χ2v) is 6.44. The average Bonchev–Trinajstić information content (AvgIpc) is 2.88. The Kier molecular flexibility index (Phi) is 5.82. The molecule has 1 amide bonds. The van der Waals surface area contributed by atoms with Gasteiger partial charge in [0.15, 0.2) is 0 Å². The van der Waals surface area contributed by atoms with Crippen molar-refractivity contribution in [3.8, 4) is 6.07 Å². The number of hydrogen-bond acceptors (Lipinski definition) is 5. The van der Waals surface area contributed by atoms with Crippen LogP contribution < -0.4 is 10.2 Å². The fourth-order valence-electron chi connectivity index (χ4n) is 3.29. The molecule has 0 radical (unpaired) electrons. The molecule has 0 bridgehead atoms. The van der Waals surface area contributed by atoms with Gasteiger partial charge in [-0.15, -0.1) is 0 Å². The Morgan fingerprint density at radius 2 is 2.04 bits per heavy atom. The number of nitrogens with one attached hydrogen (secondary N) is 1. The summed E-state index contributed by atoms with van der Waals surface area (Å²) in [5.74, 6) is 0.717. The number of nitrogens with zero attached hydrogens (tertiary/aromatic N) is 4. The molecule has 1 N–H and O–H groups in total. The molecular formula is C20H23N5O. The van der Waals surface area contributed by atoms with Crippen LogP contribution in [0.5, 0.6) is 0 Å². The van der Waals surface area contributed by atoms with Gasteiger partial charge < -0.3 is 10.2 Å². The Morgan fingerprint density at radius 1 is 1.19 bits per heavy atom. The van der Waals surface area contributed by atoms with Gasteiger partial charge in [-0.3, -0.25) is 9.69 Å². The molecule has 1 saturated heterocycles. The quantitative estimate of drug-likeness (QED) is 0.919. The maximum absolute atomic E-state index is 11.4. The van der Waals surface area contributed by atoms with E-state index >= 15 is 0 Å². The maximum Gasteiger partial charge on any atom is 0.221 e. The molecule has 0 spiro atoms. The first-order valence-electron chi connectivity index (χ1n) is 8.85. The molecule has 1 fully saturated rings. The van der Waals surface area contributed by atoms with Crippen molar-refractivity contribution < 1.29 is 4.79 Å². The highest BCUT2D eigenvalue weighted by molar-refractivity contribution is 5.89. The summed E-state index contributed by atoms with van der Waals surface area (Å²) in [5.41, 5.74) is 2.61. The average molecular weight is 349 g/mol. The highest BCUT2D eigenvalue weighted by Crippen LogP contribution is 2.21. The van der Waals surface area contributed by atoms with Gasteiger partial charge in [0.1, 0.15) is 11.9 Å². The van der Waals surface area contributed by atoms with Gasteiger partial charge in [-0.25, -0.2) is 4.98 Å². The summed E-state index contributed by atoms with van der Waals surface area (Å²) in [5, 5.41) is 12.2. The third kappa shape index (κ3) is 4.38. The Bertz CT molecular complexity index is 814. The van der Waals surface area contributed by atoms with E-state index in [0.29, 0.717) is 5.56 Å². The lowest BCUT2D eigenvalue weighted by Crippen LogP contribution is -2.31. The van der Waals surface area contributed by atoms with Crippen molar-refractivity contribution in [3.63, 3.8) is 0 Å². The molecule has 6 nitrogen and oxygen atoms in total. The first-order valence-corrected chi connectivity index (χ1v) is 8.85. The van der Waals surface area contributed by atoms with Gasteiger partial charge in [-0.1, -0.05) is 18.2 Å². The lowest BCUT2D eigenvalue weighted by molar-refractivity contribution is -0.114. The van der Waals surface area contributed by atoms with Crippen molar-refractivity contribution in [2.24, 2.45) is 0 Å². The summed E-state index contributed by atoms with van der Waals surface area (Å²) in [4.78, 5) is 20.4. The van der Waals surface area contributed by atoms with E-state index < -0.39 is 0 Å². The van der Waals surface area contributed by atoms with Gasteiger partial charge in [0.25, 0.3) is 0 Å². The van der Waals surface area contributed by atoms with Gasteiger partial charge in [-0.2, -0.15) is 5.26 Å². The number of pyridine rings is 1. The van der Waals surface area contributed by atoms with Crippen molar-refractivity contribution in [2.75, 3.05) is 36.4 Å². The van der Waals surface area contributed by atoms with Crippen molar-refractivity contribution in [3.05, 3.63) is 53.7 Å². The smallest absolute Gasteiger partial charge is 0.221 e. The van der Waals surface area contributed by atoms with Crippen molar-refractivity contribution >= 4 is 17.4 Å². The highest BCUT2D eigenvalue weighted by atomic mass is 16.1. The predicted octanol–water partition coefficient (Wildman–Crippen LogP) is 2.62. The first kappa shape index (κ1) is 17.9. The monoisotopic (exact) mass is 349 g/mol. The summed E-state index contributed by atoms with van der Waals surface area (Å²) in [6, 6.07) is 13.8. The molecule has 1 aliphatic rings. The van der Waals surface area contributed by atoms with E-state index in [0.717, 1.165) is 56.2 Å². The number of para-hydroxylation sites is 1. The van der Waals surface area contributed by atoms with Crippen LogP contribution in [0.3, 0.4) is 0 Å². The van der Waals surface area contributed by atoms with E-state index in [-0.39, 0.29) is 5.91 Å². The molecule has 0 atom stereocenters. The molecule has 0 unspecified atom stereocenters. The maximum atomic E-state index is 11.4. The summed E-state index contributed by atoms with van der Waals surface area (Å²) in [6.45, 7) is 5.89. The van der Waals surface area contributed by atoms with Gasteiger partial charge in [-0.05, 0) is 30.2 Å². The van der Waals surface area contributed by atoms with E-state index in [1.165, 1.54) is 6.92 Å². The van der Waals surface area contributed by atoms with Crippen LogP contribution in [0.4, 0.5) is 11.5 Å². The fraction of sp³-hybridized carbons (Fsp3) is 0.350. The molecule has 0 saturated carbocycles. The highest BCUT2D eigenvalue weighted by Gasteiger charge is 2.19. The van der Waals surface area contributed by atoms with Crippen LogP contribution in [0.1, 0.15) is 24.5 Å². The number of benzene rings is 1. The SMILES string of the molecule is CC(=O)Nc1ccccc1CN1CCCN(c2ncccc2C#N)CC1. The Balaban J connectivity index is 1.68. The van der Waals surface area contributed by atoms with Crippen LogP contribution in [0, 0.1) is 11.3 Å². The number of rotatable bonds is 4. The summed E-state index contributed by atoms with van der Waals surface area (Å²) >= 11 is 0. The lowest BCUT2D eigenvalue weighted by Gasteiger charge is -2.24. The summed E-state index contributed by atoms with van der Waals surface area (Å²) in [7, 11) is 0. The number of carbonyl (C=O) groups is 1. The molecule has 2 heterocycles. The predicted molar refractivity (Wildman–Crippen MR) is 102 cm³/mol. The van der Waals surface area contributed by atoms with Gasteiger partial charge in [0.05, 0.1) is 5.56 Å². The molecule has 2 aromatic rings. The molecular weight excluding hydrogens is 326 g/mol. The van der Waals surface area contributed by atoms with Gasteiger partial charge in [0.2, 0.25) is 5.91 Å². The zero-order valence-electron chi connectivity index (χ0n) is 15.0. The fourth-order valence-corrected chi connectivity index (χ4v) is 3.29. The number of carbonyl (C=O) groups excluding carboxylic acids is 1. The summed E-state index contributed by atoms with van der Waals surface area (Å²) in [6.07, 6.45) is 2.74. The Hall–Kier alpha value is -2.91. The zero-order valence-corrected chi connectivity index (χ0v) is 15.0. The minimum atomic E-state index is -0.0568. The lowest BCUT2D eigenvalue weighted by atomic mass is 10.1. The van der Waals surface area contributed by atoms with Gasteiger partial charge in [0, 0.05) is 51.5 Å². The first-order chi connectivity index (χ1) is 12.7. The normalized spacial score (nSPS) is 15.2. The van der Waals surface area contributed by atoms with E-state index in [4.69, 9.17) is 0 Å². The van der Waals surface area contributed by atoms with E-state index in [1.807, 2.05) is 24.3 Å². The van der Waals surface area contributed by atoms with E-state index in [1.54, 1.807) is 12.3 Å². The molecule has 1 aromatic carbocycles. The number of hydrogen-bond donors (Lipinski definition) is 1. The van der Waals surface area contributed by atoms with Crippen LogP contribution >= 0.6 is 0 Å². The van der Waals surface area contributed by atoms with Crippen molar-refractivity contribution in [1.29, 1.82) is 5.26 Å². The zero-order chi connectivity index (χ0) is 18.4. The number of anilines is 2. The Morgan fingerprint density at radius 3 is 2.85 bits per heavy atom. The van der Waals surface area contributed by atoms with Gasteiger partial charge >= 0.3 is 0 Å². The molecule has 134 valence electrons. The number of aromatic nitrogens is 1.